The van der Waals surface area contributed by atoms with Crippen molar-refractivity contribution >= 4 is 22.5 Å². The fourth-order valence-corrected chi connectivity index (χ4v) is 2.85. The van der Waals surface area contributed by atoms with Gasteiger partial charge in [-0.1, -0.05) is 0 Å². The summed E-state index contributed by atoms with van der Waals surface area (Å²) in [5.41, 5.74) is 3.46. The number of hydrogen-bond donors (Lipinski definition) is 2. The number of rotatable bonds is 6. The molecule has 0 saturated heterocycles. The van der Waals surface area contributed by atoms with Crippen LogP contribution < -0.4 is 5.32 Å². The Kier molecular flexibility index (Phi) is 5.14. The lowest BCUT2D eigenvalue weighted by Crippen LogP contribution is -2.13. The number of aromatic nitrogens is 1. The fourth-order valence-electron chi connectivity index (χ4n) is 2.85. The van der Waals surface area contributed by atoms with E-state index < -0.39 is 0 Å². The average Bonchev–Trinajstić information content (AvgIpc) is 2.97. The molecule has 3 aromatic rings. The van der Waals surface area contributed by atoms with Crippen molar-refractivity contribution in [2.75, 3.05) is 26.0 Å². The van der Waals surface area contributed by atoms with Crippen molar-refractivity contribution in [3.05, 3.63) is 65.6 Å². The molecule has 2 aromatic carbocycles. The zero-order valence-corrected chi connectivity index (χ0v) is 14.5. The number of aromatic amines is 1. The standard InChI is InChI=1S/C20H22FN3O/c1-24(2)11-3-4-15-13-22-19-10-9-17(12-18(15)19)23-20(25)14-5-7-16(21)8-6-14/h5-10,12-13,22H,3-4,11H2,1-2H3,(H,23,25). The van der Waals surface area contributed by atoms with Crippen molar-refractivity contribution in [1.82, 2.24) is 9.88 Å². The minimum absolute atomic E-state index is 0.246. The number of H-pyrrole nitrogens is 1. The zero-order valence-electron chi connectivity index (χ0n) is 14.5. The van der Waals surface area contributed by atoms with Crippen LogP contribution in [0.2, 0.25) is 0 Å². The van der Waals surface area contributed by atoms with E-state index in [1.807, 2.05) is 24.4 Å². The highest BCUT2D eigenvalue weighted by Crippen LogP contribution is 2.24. The summed E-state index contributed by atoms with van der Waals surface area (Å²) in [7, 11) is 4.14. The number of fused-ring (bicyclic) bond motifs is 1. The van der Waals surface area contributed by atoms with Gasteiger partial charge in [-0.3, -0.25) is 4.79 Å². The van der Waals surface area contributed by atoms with Crippen molar-refractivity contribution in [3.8, 4) is 0 Å². The van der Waals surface area contributed by atoms with Gasteiger partial charge in [0.15, 0.2) is 0 Å². The summed E-state index contributed by atoms with van der Waals surface area (Å²) in [5.74, 6) is -0.600. The first-order chi connectivity index (χ1) is 12.0. The number of amides is 1. The summed E-state index contributed by atoms with van der Waals surface area (Å²) in [6.45, 7) is 1.04. The second-order valence-corrected chi connectivity index (χ2v) is 6.44. The molecule has 2 N–H and O–H groups in total. The third kappa shape index (κ3) is 4.25. The highest BCUT2D eigenvalue weighted by Gasteiger charge is 2.09. The minimum Gasteiger partial charge on any atom is -0.361 e. The lowest BCUT2D eigenvalue weighted by atomic mass is 10.1. The SMILES string of the molecule is CN(C)CCCc1c[nH]c2ccc(NC(=O)c3ccc(F)cc3)cc12. The summed E-state index contributed by atoms with van der Waals surface area (Å²) in [4.78, 5) is 17.7. The number of aryl methyl sites for hydroxylation is 1. The van der Waals surface area contributed by atoms with E-state index in [1.165, 1.54) is 29.8 Å². The van der Waals surface area contributed by atoms with E-state index in [0.29, 0.717) is 5.56 Å². The molecule has 1 aromatic heterocycles. The monoisotopic (exact) mass is 339 g/mol. The number of hydrogen-bond acceptors (Lipinski definition) is 2. The number of carbonyl (C=O) groups is 1. The van der Waals surface area contributed by atoms with E-state index in [9.17, 15) is 9.18 Å². The Bertz CT molecular complexity index is 868. The van der Waals surface area contributed by atoms with Gasteiger partial charge < -0.3 is 15.2 Å². The topological polar surface area (TPSA) is 48.1 Å². The lowest BCUT2D eigenvalue weighted by Gasteiger charge is -2.09. The van der Waals surface area contributed by atoms with Gasteiger partial charge in [-0.2, -0.15) is 0 Å². The first-order valence-corrected chi connectivity index (χ1v) is 8.34. The third-order valence-corrected chi connectivity index (χ3v) is 4.18. The van der Waals surface area contributed by atoms with Crippen LogP contribution in [-0.2, 0) is 6.42 Å². The Morgan fingerprint density at radius 3 is 2.64 bits per heavy atom. The highest BCUT2D eigenvalue weighted by atomic mass is 19.1. The van der Waals surface area contributed by atoms with Crippen LogP contribution in [0, 0.1) is 5.82 Å². The number of halogens is 1. The molecule has 130 valence electrons. The van der Waals surface area contributed by atoms with E-state index in [2.05, 4.69) is 29.3 Å². The molecule has 4 nitrogen and oxygen atoms in total. The maximum atomic E-state index is 13.0. The van der Waals surface area contributed by atoms with Crippen LogP contribution in [-0.4, -0.2) is 36.4 Å². The van der Waals surface area contributed by atoms with Crippen LogP contribution >= 0.6 is 0 Å². The van der Waals surface area contributed by atoms with Crippen LogP contribution in [0.1, 0.15) is 22.3 Å². The molecule has 3 rings (SSSR count). The second kappa shape index (κ2) is 7.49. The molecule has 0 unspecified atom stereocenters. The number of anilines is 1. The molecular formula is C20H22FN3O. The fraction of sp³-hybridized carbons (Fsp3) is 0.250. The summed E-state index contributed by atoms with van der Waals surface area (Å²) in [6, 6.07) is 11.3. The number of nitrogens with one attached hydrogen (secondary N) is 2. The second-order valence-electron chi connectivity index (χ2n) is 6.44. The Labute approximate surface area is 146 Å². The summed E-state index contributed by atoms with van der Waals surface area (Å²) in [5, 5.41) is 4.00. The van der Waals surface area contributed by atoms with Crippen LogP contribution in [0.25, 0.3) is 10.9 Å². The number of nitrogens with zero attached hydrogens (tertiary/aromatic N) is 1. The van der Waals surface area contributed by atoms with Crippen molar-refractivity contribution in [2.24, 2.45) is 0 Å². The van der Waals surface area contributed by atoms with Gasteiger partial charge in [0, 0.05) is 28.4 Å². The van der Waals surface area contributed by atoms with E-state index in [1.54, 1.807) is 0 Å². The Morgan fingerprint density at radius 1 is 1.16 bits per heavy atom. The van der Waals surface area contributed by atoms with Crippen LogP contribution in [0.3, 0.4) is 0 Å². The zero-order chi connectivity index (χ0) is 17.8. The molecule has 0 bridgehead atoms. The van der Waals surface area contributed by atoms with Gasteiger partial charge in [-0.05, 0) is 81.5 Å². The summed E-state index contributed by atoms with van der Waals surface area (Å²) in [6.07, 6.45) is 4.09. The van der Waals surface area contributed by atoms with Crippen LogP contribution in [0.15, 0.2) is 48.7 Å². The molecule has 25 heavy (non-hydrogen) atoms. The molecule has 0 atom stereocenters. The minimum atomic E-state index is -0.354. The Hall–Kier alpha value is -2.66. The normalized spacial score (nSPS) is 11.2. The van der Waals surface area contributed by atoms with Crippen LogP contribution in [0.4, 0.5) is 10.1 Å². The van der Waals surface area contributed by atoms with Crippen molar-refractivity contribution in [3.63, 3.8) is 0 Å². The number of benzene rings is 2. The molecule has 0 aliphatic rings. The Morgan fingerprint density at radius 2 is 1.92 bits per heavy atom. The third-order valence-electron chi connectivity index (χ3n) is 4.18. The van der Waals surface area contributed by atoms with Gasteiger partial charge in [0.1, 0.15) is 5.82 Å². The molecule has 0 radical (unpaired) electrons. The first-order valence-electron chi connectivity index (χ1n) is 8.34. The molecule has 5 heteroatoms. The maximum absolute atomic E-state index is 13.0. The Balaban J connectivity index is 1.75. The molecular weight excluding hydrogens is 317 g/mol. The van der Waals surface area contributed by atoms with Gasteiger partial charge >= 0.3 is 0 Å². The van der Waals surface area contributed by atoms with Gasteiger partial charge in [-0.25, -0.2) is 4.39 Å². The van der Waals surface area contributed by atoms with E-state index in [-0.39, 0.29) is 11.7 Å². The first kappa shape index (κ1) is 17.2. The lowest BCUT2D eigenvalue weighted by molar-refractivity contribution is 0.102. The smallest absolute Gasteiger partial charge is 0.255 e. The molecule has 1 heterocycles. The van der Waals surface area contributed by atoms with Crippen molar-refractivity contribution in [2.45, 2.75) is 12.8 Å². The van der Waals surface area contributed by atoms with Crippen molar-refractivity contribution in [1.29, 1.82) is 0 Å². The summed E-state index contributed by atoms with van der Waals surface area (Å²) >= 11 is 0. The van der Waals surface area contributed by atoms with Gasteiger partial charge in [0.2, 0.25) is 0 Å². The van der Waals surface area contributed by atoms with Gasteiger partial charge in [-0.15, -0.1) is 0 Å². The van der Waals surface area contributed by atoms with Gasteiger partial charge in [0.25, 0.3) is 5.91 Å². The van der Waals surface area contributed by atoms with Crippen LogP contribution in [0.5, 0.6) is 0 Å². The maximum Gasteiger partial charge on any atom is 0.255 e. The van der Waals surface area contributed by atoms with E-state index in [0.717, 1.165) is 36.0 Å². The summed E-state index contributed by atoms with van der Waals surface area (Å²) < 4.78 is 13.0. The van der Waals surface area contributed by atoms with Gasteiger partial charge in [0.05, 0.1) is 0 Å². The number of carbonyl (C=O) groups excluding carboxylic acids is 1. The van der Waals surface area contributed by atoms with E-state index in [4.69, 9.17) is 0 Å². The van der Waals surface area contributed by atoms with E-state index >= 15 is 0 Å². The molecule has 1 amide bonds. The quantitative estimate of drug-likeness (QED) is 0.712. The largest absolute Gasteiger partial charge is 0.361 e. The molecule has 0 aliphatic carbocycles. The molecule has 0 saturated carbocycles. The molecule has 0 aliphatic heterocycles. The predicted octanol–water partition coefficient (Wildman–Crippen LogP) is 4.05. The van der Waals surface area contributed by atoms with Crippen molar-refractivity contribution < 1.29 is 9.18 Å². The molecule has 0 spiro atoms. The average molecular weight is 339 g/mol. The molecule has 0 fully saturated rings. The predicted molar refractivity (Wildman–Crippen MR) is 99.5 cm³/mol. The highest BCUT2D eigenvalue weighted by molar-refractivity contribution is 6.05.